The van der Waals surface area contributed by atoms with Crippen molar-refractivity contribution < 1.29 is 28.2 Å². The van der Waals surface area contributed by atoms with Gasteiger partial charge in [0.1, 0.15) is 11.3 Å². The van der Waals surface area contributed by atoms with Gasteiger partial charge in [0.05, 0.1) is 11.5 Å². The molecule has 0 bridgehead atoms. The molecule has 0 amide bonds. The van der Waals surface area contributed by atoms with Crippen molar-refractivity contribution in [3.05, 3.63) is 70.3 Å². The Labute approximate surface area is 177 Å². The molecule has 1 fully saturated rings. The molecular formula is C19H20ClN2O7P. The highest BCUT2D eigenvalue weighted by atomic mass is 35.7. The van der Waals surface area contributed by atoms with E-state index < -0.39 is 23.4 Å². The number of nitro benzene ring substituents is 1. The number of hydroxylamine groups is 1. The van der Waals surface area contributed by atoms with Crippen LogP contribution in [0.4, 0.5) is 5.69 Å². The molecule has 0 aromatic heterocycles. The second-order valence-electron chi connectivity index (χ2n) is 6.82. The molecule has 30 heavy (non-hydrogen) atoms. The maximum Gasteiger partial charge on any atom is 0.532 e. The molecule has 0 radical (unpaired) electrons. The van der Waals surface area contributed by atoms with Crippen molar-refractivity contribution in [2.24, 2.45) is 0 Å². The second-order valence-corrected chi connectivity index (χ2v) is 9.29. The largest absolute Gasteiger partial charge is 0.532 e. The number of non-ortho nitro benzene ring substituents is 1. The fourth-order valence-corrected chi connectivity index (χ4v) is 4.33. The highest BCUT2D eigenvalue weighted by molar-refractivity contribution is 7.82. The summed E-state index contributed by atoms with van der Waals surface area (Å²) < 4.78 is 22.6. The van der Waals surface area contributed by atoms with Gasteiger partial charge in [0.25, 0.3) is 5.69 Å². The van der Waals surface area contributed by atoms with E-state index >= 15 is 0 Å². The number of carbonyl (C=O) groups excluding carboxylic acids is 1. The molecule has 1 aliphatic carbocycles. The molecule has 160 valence electrons. The van der Waals surface area contributed by atoms with Crippen LogP contribution in [0, 0.1) is 10.1 Å². The number of nitro groups is 1. The maximum absolute atomic E-state index is 12.8. The van der Waals surface area contributed by atoms with Crippen molar-refractivity contribution in [2.45, 2.75) is 37.8 Å². The van der Waals surface area contributed by atoms with Gasteiger partial charge in [-0.15, -0.1) is 0 Å². The summed E-state index contributed by atoms with van der Waals surface area (Å²) in [6.45, 7) is -4.11. The maximum atomic E-state index is 12.8. The summed E-state index contributed by atoms with van der Waals surface area (Å²) >= 11 is 5.83. The minimum atomic E-state index is -4.34. The normalized spacial score (nSPS) is 17.1. The summed E-state index contributed by atoms with van der Waals surface area (Å²) in [5.74, 6) is -0.867. The van der Waals surface area contributed by atoms with Crippen LogP contribution in [0.3, 0.4) is 0 Å². The van der Waals surface area contributed by atoms with E-state index in [0.29, 0.717) is 12.8 Å². The van der Waals surface area contributed by atoms with Gasteiger partial charge in [0.15, 0.2) is 0 Å². The van der Waals surface area contributed by atoms with E-state index in [1.54, 1.807) is 0 Å². The van der Waals surface area contributed by atoms with Crippen LogP contribution in [0.25, 0.3) is 0 Å². The Morgan fingerprint density at radius 2 is 1.77 bits per heavy atom. The van der Waals surface area contributed by atoms with E-state index in [9.17, 15) is 19.5 Å². The van der Waals surface area contributed by atoms with E-state index in [1.807, 2.05) is 30.3 Å². The summed E-state index contributed by atoms with van der Waals surface area (Å²) in [6, 6.07) is 14.1. The van der Waals surface area contributed by atoms with Gasteiger partial charge in [-0.1, -0.05) is 43.2 Å². The van der Waals surface area contributed by atoms with Gasteiger partial charge in [-0.05, 0) is 30.5 Å². The third-order valence-electron chi connectivity index (χ3n) is 4.65. The van der Waals surface area contributed by atoms with E-state index in [4.69, 9.17) is 25.1 Å². The number of nitrogens with zero attached hydrogens (tertiary/aromatic N) is 1. The Morgan fingerprint density at radius 3 is 2.37 bits per heavy atom. The lowest BCUT2D eigenvalue weighted by Gasteiger charge is -2.28. The van der Waals surface area contributed by atoms with Gasteiger partial charge >= 0.3 is 12.9 Å². The van der Waals surface area contributed by atoms with Crippen LogP contribution in [-0.2, 0) is 25.3 Å². The zero-order valence-electron chi connectivity index (χ0n) is 15.9. The van der Waals surface area contributed by atoms with Crippen LogP contribution >= 0.6 is 18.2 Å². The Kier molecular flexibility index (Phi) is 7.10. The van der Waals surface area contributed by atoms with Crippen molar-refractivity contribution in [1.29, 1.82) is 0 Å². The molecule has 1 N–H and O–H groups in total. The molecule has 1 aliphatic rings. The number of rotatable bonds is 9. The number of halogens is 1. The standard InChI is InChI=1S/C19H20ClN2O7P/c20-30(26,28-17-10-8-16(9-11-17)22(24)25)29-18(23)19(12-4-5-13-19)21-27-14-15-6-2-1-3-7-15/h1-3,6-11,21H,4-5,12-14H2. The molecule has 1 atom stereocenters. The second kappa shape index (κ2) is 9.57. The van der Waals surface area contributed by atoms with Gasteiger partial charge in [-0.25, -0.2) is 9.36 Å². The van der Waals surface area contributed by atoms with Crippen LogP contribution < -0.4 is 10.0 Å². The lowest BCUT2D eigenvalue weighted by atomic mass is 10.00. The van der Waals surface area contributed by atoms with Gasteiger partial charge in [0, 0.05) is 23.4 Å². The quantitative estimate of drug-likeness (QED) is 0.323. The van der Waals surface area contributed by atoms with Crippen LogP contribution in [0.15, 0.2) is 54.6 Å². The van der Waals surface area contributed by atoms with Crippen LogP contribution in [0.5, 0.6) is 5.75 Å². The van der Waals surface area contributed by atoms with Crippen molar-refractivity contribution >= 4 is 29.8 Å². The monoisotopic (exact) mass is 454 g/mol. The SMILES string of the molecule is O=C(OP(=O)(Cl)Oc1ccc([N+](=O)[O-])cc1)C1(NOCc2ccccc2)CCCC1. The highest BCUT2D eigenvalue weighted by Crippen LogP contribution is 2.54. The van der Waals surface area contributed by atoms with Crippen molar-refractivity contribution in [3.63, 3.8) is 0 Å². The van der Waals surface area contributed by atoms with Crippen molar-refractivity contribution in [2.75, 3.05) is 0 Å². The Hall–Kier alpha value is -2.45. The first-order valence-corrected chi connectivity index (χ1v) is 11.7. The van der Waals surface area contributed by atoms with Crippen molar-refractivity contribution in [1.82, 2.24) is 5.48 Å². The van der Waals surface area contributed by atoms with Crippen LogP contribution in [0.1, 0.15) is 31.2 Å². The molecule has 2 aromatic carbocycles. The summed E-state index contributed by atoms with van der Waals surface area (Å²) in [5.41, 5.74) is 2.32. The Morgan fingerprint density at radius 1 is 1.13 bits per heavy atom. The van der Waals surface area contributed by atoms with Crippen LogP contribution in [-0.4, -0.2) is 16.4 Å². The first-order valence-electron chi connectivity index (χ1n) is 9.20. The average Bonchev–Trinajstić information content (AvgIpc) is 3.19. The van der Waals surface area contributed by atoms with Crippen molar-refractivity contribution in [3.8, 4) is 5.75 Å². The third kappa shape index (κ3) is 5.79. The first kappa shape index (κ1) is 22.2. The number of benzene rings is 2. The molecule has 1 saturated carbocycles. The van der Waals surface area contributed by atoms with E-state index in [0.717, 1.165) is 30.5 Å². The smallest absolute Gasteiger partial charge is 0.405 e. The summed E-state index contributed by atoms with van der Waals surface area (Å²) in [4.78, 5) is 28.4. The van der Waals surface area contributed by atoms with Gasteiger partial charge in [-0.3, -0.25) is 15.0 Å². The first-order chi connectivity index (χ1) is 14.3. The predicted octanol–water partition coefficient (Wildman–Crippen LogP) is 4.90. The fraction of sp³-hybridized carbons (Fsp3) is 0.316. The zero-order valence-corrected chi connectivity index (χ0v) is 17.5. The zero-order chi connectivity index (χ0) is 21.6. The Bertz CT molecular complexity index is 934. The number of carbonyl (C=O) groups is 1. The summed E-state index contributed by atoms with van der Waals surface area (Å²) in [5, 5.41) is 10.7. The Balaban J connectivity index is 1.61. The number of nitrogens with one attached hydrogen (secondary N) is 1. The van der Waals surface area contributed by atoms with Crippen LogP contribution in [0.2, 0.25) is 0 Å². The number of hydrogen-bond acceptors (Lipinski definition) is 8. The molecule has 11 heteroatoms. The van der Waals surface area contributed by atoms with E-state index in [-0.39, 0.29) is 18.0 Å². The predicted molar refractivity (Wildman–Crippen MR) is 109 cm³/mol. The van der Waals surface area contributed by atoms with Gasteiger partial charge < -0.3 is 9.05 Å². The molecule has 9 nitrogen and oxygen atoms in total. The molecular weight excluding hydrogens is 435 g/mol. The molecule has 0 aliphatic heterocycles. The van der Waals surface area contributed by atoms with E-state index in [1.165, 1.54) is 12.1 Å². The molecule has 0 saturated heterocycles. The van der Waals surface area contributed by atoms with Gasteiger partial charge in [-0.2, -0.15) is 5.48 Å². The fourth-order valence-electron chi connectivity index (χ4n) is 3.12. The third-order valence-corrected chi connectivity index (χ3v) is 5.88. The van der Waals surface area contributed by atoms with E-state index in [2.05, 4.69) is 5.48 Å². The van der Waals surface area contributed by atoms with Gasteiger partial charge in [0.2, 0.25) is 0 Å². The molecule has 0 heterocycles. The molecule has 2 aromatic rings. The summed E-state index contributed by atoms with van der Waals surface area (Å²) in [7, 11) is 0. The topological polar surface area (TPSA) is 117 Å². The molecule has 3 rings (SSSR count). The lowest BCUT2D eigenvalue weighted by Crippen LogP contribution is -2.50. The number of hydrogen-bond donors (Lipinski definition) is 1. The minimum absolute atomic E-state index is 0.0273. The molecule has 1 unspecified atom stereocenters. The average molecular weight is 455 g/mol. The summed E-state index contributed by atoms with van der Waals surface area (Å²) in [6.07, 6.45) is 2.36. The lowest BCUT2D eigenvalue weighted by molar-refractivity contribution is -0.384. The minimum Gasteiger partial charge on any atom is -0.405 e. The molecule has 0 spiro atoms. The highest BCUT2D eigenvalue weighted by Gasteiger charge is 2.46.